The lowest BCUT2D eigenvalue weighted by Crippen LogP contribution is -2.49. The monoisotopic (exact) mass is 172 g/mol. The first-order chi connectivity index (χ1) is 5.58. The van der Waals surface area contributed by atoms with Crippen LogP contribution in [0, 0.1) is 0 Å². The molecule has 1 heterocycles. The zero-order valence-electron chi connectivity index (χ0n) is 7.89. The Labute approximate surface area is 72.9 Å². The van der Waals surface area contributed by atoms with Crippen LogP contribution in [0.4, 0.5) is 4.79 Å². The number of rotatable bonds is 1. The summed E-state index contributed by atoms with van der Waals surface area (Å²) >= 11 is 0. The summed E-state index contributed by atoms with van der Waals surface area (Å²) in [5.41, 5.74) is -0.167. The van der Waals surface area contributed by atoms with Gasteiger partial charge >= 0.3 is 6.03 Å². The molecule has 1 saturated heterocycles. The van der Waals surface area contributed by atoms with E-state index >= 15 is 0 Å². The summed E-state index contributed by atoms with van der Waals surface area (Å²) in [5, 5.41) is 2.75. The number of nitrogens with one attached hydrogen (secondary N) is 1. The van der Waals surface area contributed by atoms with Gasteiger partial charge in [-0.15, -0.1) is 0 Å². The number of nitrogens with zero attached hydrogens (tertiary/aromatic N) is 1. The van der Waals surface area contributed by atoms with E-state index in [2.05, 4.69) is 5.32 Å². The molecular formula is C8H16N2O2. The lowest BCUT2D eigenvalue weighted by Gasteiger charge is -2.28. The first-order valence-electron chi connectivity index (χ1n) is 4.21. The maximum atomic E-state index is 11.4. The van der Waals surface area contributed by atoms with Crippen molar-refractivity contribution < 1.29 is 9.53 Å². The summed E-state index contributed by atoms with van der Waals surface area (Å²) in [6.45, 7) is 7.57. The predicted octanol–water partition coefficient (Wildman–Crippen LogP) is 0.784. The van der Waals surface area contributed by atoms with E-state index in [-0.39, 0.29) is 11.6 Å². The van der Waals surface area contributed by atoms with E-state index in [4.69, 9.17) is 4.74 Å². The topological polar surface area (TPSA) is 41.6 Å². The van der Waals surface area contributed by atoms with E-state index in [1.807, 2.05) is 20.8 Å². The van der Waals surface area contributed by atoms with Gasteiger partial charge in [-0.25, -0.2) is 4.79 Å². The molecule has 0 saturated carbocycles. The third-order valence-electron chi connectivity index (χ3n) is 1.98. The van der Waals surface area contributed by atoms with Crippen molar-refractivity contribution in [2.24, 2.45) is 0 Å². The van der Waals surface area contributed by atoms with Crippen LogP contribution in [0.25, 0.3) is 0 Å². The molecule has 0 aromatic rings. The molecule has 0 aliphatic carbocycles. The van der Waals surface area contributed by atoms with E-state index in [0.717, 1.165) is 0 Å². The zero-order chi connectivity index (χ0) is 9.19. The molecule has 12 heavy (non-hydrogen) atoms. The van der Waals surface area contributed by atoms with Gasteiger partial charge in [-0.2, -0.15) is 0 Å². The number of urea groups is 1. The van der Waals surface area contributed by atoms with Crippen LogP contribution in [-0.4, -0.2) is 36.4 Å². The summed E-state index contributed by atoms with van der Waals surface area (Å²) in [5.74, 6) is 0. The second-order valence-electron chi connectivity index (χ2n) is 3.55. The van der Waals surface area contributed by atoms with Gasteiger partial charge in [0, 0.05) is 6.54 Å². The first kappa shape index (κ1) is 9.32. The highest BCUT2D eigenvalue weighted by Gasteiger charge is 2.36. The molecule has 0 radical (unpaired) electrons. The summed E-state index contributed by atoms with van der Waals surface area (Å²) in [6.07, 6.45) is 0. The van der Waals surface area contributed by atoms with Crippen LogP contribution in [0.1, 0.15) is 20.8 Å². The Kier molecular flexibility index (Phi) is 2.57. The van der Waals surface area contributed by atoms with Gasteiger partial charge in [0.2, 0.25) is 0 Å². The predicted molar refractivity (Wildman–Crippen MR) is 45.8 cm³/mol. The summed E-state index contributed by atoms with van der Waals surface area (Å²) in [4.78, 5) is 13.1. The molecule has 0 aromatic carbocycles. The van der Waals surface area contributed by atoms with E-state index in [0.29, 0.717) is 19.9 Å². The van der Waals surface area contributed by atoms with E-state index in [1.165, 1.54) is 0 Å². The van der Waals surface area contributed by atoms with Crippen molar-refractivity contribution in [3.8, 4) is 0 Å². The minimum atomic E-state index is -0.167. The van der Waals surface area contributed by atoms with Crippen LogP contribution < -0.4 is 5.32 Å². The summed E-state index contributed by atoms with van der Waals surface area (Å²) in [7, 11) is 0. The Morgan fingerprint density at radius 2 is 2.33 bits per heavy atom. The summed E-state index contributed by atoms with van der Waals surface area (Å²) in [6, 6.07) is -0.0417. The zero-order valence-corrected chi connectivity index (χ0v) is 7.89. The van der Waals surface area contributed by atoms with Crippen LogP contribution in [-0.2, 0) is 4.74 Å². The van der Waals surface area contributed by atoms with Crippen LogP contribution in [0.2, 0.25) is 0 Å². The van der Waals surface area contributed by atoms with Crippen molar-refractivity contribution in [3.05, 3.63) is 0 Å². The van der Waals surface area contributed by atoms with Crippen molar-refractivity contribution in [3.63, 3.8) is 0 Å². The molecule has 70 valence electrons. The lowest BCUT2D eigenvalue weighted by molar-refractivity contribution is 0.139. The lowest BCUT2D eigenvalue weighted by atomic mass is 10.1. The average molecular weight is 172 g/mol. The fourth-order valence-corrected chi connectivity index (χ4v) is 1.22. The molecule has 0 unspecified atom stereocenters. The third-order valence-corrected chi connectivity index (χ3v) is 1.98. The molecular weight excluding hydrogens is 156 g/mol. The molecule has 0 bridgehead atoms. The fraction of sp³-hybridized carbons (Fsp3) is 0.875. The van der Waals surface area contributed by atoms with Crippen molar-refractivity contribution in [1.29, 1.82) is 0 Å². The van der Waals surface area contributed by atoms with E-state index < -0.39 is 0 Å². The standard InChI is InChI=1S/C8H16N2O2/c1-4-9-7(11)10-6-12-5-8(10,2)3/h4-6H2,1-3H3,(H,9,11). The van der Waals surface area contributed by atoms with Crippen molar-refractivity contribution in [1.82, 2.24) is 10.2 Å². The molecule has 1 N–H and O–H groups in total. The molecule has 0 spiro atoms. The maximum Gasteiger partial charge on any atom is 0.319 e. The quantitative estimate of drug-likeness (QED) is 0.635. The van der Waals surface area contributed by atoms with Gasteiger partial charge in [0.25, 0.3) is 0 Å². The van der Waals surface area contributed by atoms with Crippen molar-refractivity contribution >= 4 is 6.03 Å². The molecule has 0 atom stereocenters. The second-order valence-corrected chi connectivity index (χ2v) is 3.55. The van der Waals surface area contributed by atoms with Gasteiger partial charge in [0.1, 0.15) is 6.73 Å². The Morgan fingerprint density at radius 1 is 1.67 bits per heavy atom. The molecule has 1 aliphatic heterocycles. The number of carbonyl (C=O) groups excluding carboxylic acids is 1. The number of ether oxygens (including phenoxy) is 1. The molecule has 1 aliphatic rings. The first-order valence-corrected chi connectivity index (χ1v) is 4.21. The number of amides is 2. The largest absolute Gasteiger partial charge is 0.359 e. The van der Waals surface area contributed by atoms with E-state index in [9.17, 15) is 4.79 Å². The highest BCUT2D eigenvalue weighted by atomic mass is 16.5. The van der Waals surface area contributed by atoms with Crippen molar-refractivity contribution in [2.45, 2.75) is 26.3 Å². The highest BCUT2D eigenvalue weighted by molar-refractivity contribution is 5.75. The Bertz CT molecular complexity index is 180. The molecule has 0 aromatic heterocycles. The van der Waals surface area contributed by atoms with Crippen LogP contribution in [0.3, 0.4) is 0 Å². The Morgan fingerprint density at radius 3 is 2.75 bits per heavy atom. The Balaban J connectivity index is 2.56. The van der Waals surface area contributed by atoms with Gasteiger partial charge in [0.05, 0.1) is 12.1 Å². The average Bonchev–Trinajstić information content (AvgIpc) is 2.30. The third kappa shape index (κ3) is 1.69. The smallest absolute Gasteiger partial charge is 0.319 e. The van der Waals surface area contributed by atoms with Gasteiger partial charge in [-0.3, -0.25) is 4.90 Å². The maximum absolute atomic E-state index is 11.4. The van der Waals surface area contributed by atoms with Crippen LogP contribution >= 0.6 is 0 Å². The van der Waals surface area contributed by atoms with Crippen LogP contribution in [0.15, 0.2) is 0 Å². The number of carbonyl (C=O) groups is 1. The summed E-state index contributed by atoms with van der Waals surface area (Å²) < 4.78 is 5.20. The SMILES string of the molecule is CCNC(=O)N1COCC1(C)C. The second kappa shape index (κ2) is 3.31. The Hall–Kier alpha value is -0.770. The van der Waals surface area contributed by atoms with Crippen molar-refractivity contribution in [2.75, 3.05) is 19.9 Å². The van der Waals surface area contributed by atoms with Crippen LogP contribution in [0.5, 0.6) is 0 Å². The fourth-order valence-electron chi connectivity index (χ4n) is 1.22. The van der Waals surface area contributed by atoms with E-state index in [1.54, 1.807) is 4.90 Å². The van der Waals surface area contributed by atoms with Gasteiger partial charge < -0.3 is 10.1 Å². The highest BCUT2D eigenvalue weighted by Crippen LogP contribution is 2.20. The molecule has 1 fully saturated rings. The minimum Gasteiger partial charge on any atom is -0.359 e. The van der Waals surface area contributed by atoms with Gasteiger partial charge in [-0.05, 0) is 20.8 Å². The molecule has 1 rings (SSSR count). The van der Waals surface area contributed by atoms with Gasteiger partial charge in [-0.1, -0.05) is 0 Å². The molecule has 4 heteroatoms. The molecule has 2 amide bonds. The normalized spacial score (nSPS) is 21.1. The molecule has 4 nitrogen and oxygen atoms in total. The number of hydrogen-bond acceptors (Lipinski definition) is 2. The minimum absolute atomic E-state index is 0.0417. The van der Waals surface area contributed by atoms with Gasteiger partial charge in [0.15, 0.2) is 0 Å². The number of hydrogen-bond donors (Lipinski definition) is 1.